The van der Waals surface area contributed by atoms with Crippen LogP contribution in [0.4, 0.5) is 5.69 Å². The second kappa shape index (κ2) is 9.23. The molecule has 8 heteroatoms. The number of benzene rings is 2. The van der Waals surface area contributed by atoms with E-state index in [-0.39, 0.29) is 16.6 Å². The number of fused-ring (bicyclic) bond motifs is 1. The van der Waals surface area contributed by atoms with Gasteiger partial charge in [-0.05, 0) is 55.5 Å². The molecule has 4 rings (SSSR count). The molecule has 1 amide bonds. The molecule has 1 aliphatic carbocycles. The van der Waals surface area contributed by atoms with Gasteiger partial charge in [0.2, 0.25) is 0 Å². The van der Waals surface area contributed by atoms with Crippen molar-refractivity contribution < 1.29 is 17.6 Å². The predicted octanol–water partition coefficient (Wildman–Crippen LogP) is 4.98. The van der Waals surface area contributed by atoms with Crippen LogP contribution in [0.15, 0.2) is 69.0 Å². The first kappa shape index (κ1) is 22.8. The Morgan fingerprint density at radius 1 is 1.03 bits per heavy atom. The van der Waals surface area contributed by atoms with Crippen LogP contribution in [-0.4, -0.2) is 20.0 Å². The van der Waals surface area contributed by atoms with Crippen molar-refractivity contribution in [2.24, 2.45) is 5.10 Å². The third-order valence-corrected chi connectivity index (χ3v) is 6.95. The molecule has 0 saturated carbocycles. The third kappa shape index (κ3) is 4.85. The van der Waals surface area contributed by atoms with Gasteiger partial charge in [-0.25, -0.2) is 0 Å². The van der Waals surface area contributed by atoms with Crippen LogP contribution in [0.5, 0.6) is 0 Å². The largest absolute Gasteiger partial charge is 0.455 e. The van der Waals surface area contributed by atoms with Crippen LogP contribution in [0.1, 0.15) is 65.6 Å². The maximum absolute atomic E-state index is 12.9. The number of furan rings is 1. The highest BCUT2D eigenvalue weighted by Crippen LogP contribution is 2.30. The van der Waals surface area contributed by atoms with Gasteiger partial charge in [-0.3, -0.25) is 4.79 Å². The highest BCUT2D eigenvalue weighted by Gasteiger charge is 2.28. The summed E-state index contributed by atoms with van der Waals surface area (Å²) in [6.07, 6.45) is 2.00. The quantitative estimate of drug-likeness (QED) is 0.501. The number of carbonyl (C=O) groups excluding carboxylic acids is 1. The number of anilines is 1. The summed E-state index contributed by atoms with van der Waals surface area (Å²) < 4.78 is 31.0. The molecule has 0 unspecified atom stereocenters. The second-order valence-corrected chi connectivity index (χ2v) is 10.1. The molecule has 0 radical (unpaired) electrons. The topological polar surface area (TPSA) is 101 Å². The lowest BCUT2D eigenvalue weighted by Crippen LogP contribution is -2.22. The van der Waals surface area contributed by atoms with E-state index >= 15 is 0 Å². The zero-order chi connectivity index (χ0) is 23.6. The Morgan fingerprint density at radius 3 is 2.39 bits per heavy atom. The molecular formula is C25H27N3O4S. The summed E-state index contributed by atoms with van der Waals surface area (Å²) in [6.45, 7) is 6.03. The number of nitrogens with one attached hydrogen (secondary N) is 2. The Kier molecular flexibility index (Phi) is 6.37. The average Bonchev–Trinajstić information content (AvgIpc) is 3.16. The van der Waals surface area contributed by atoms with Crippen molar-refractivity contribution in [3.8, 4) is 0 Å². The lowest BCUT2D eigenvalue weighted by molar-refractivity contribution is 0.0994. The number of sulfonamides is 1. The first-order valence-electron chi connectivity index (χ1n) is 10.9. The number of hydrazone groups is 1. The molecule has 0 bridgehead atoms. The van der Waals surface area contributed by atoms with Gasteiger partial charge in [-0.2, -0.15) is 18.4 Å². The summed E-state index contributed by atoms with van der Waals surface area (Å²) in [7, 11) is -3.78. The van der Waals surface area contributed by atoms with Crippen LogP contribution in [-0.2, 0) is 16.4 Å². The SMILES string of the molecule is Cc1c(C(=O)Nc2ccc(C(C)C)cc2)oc2c1/C(=N/NS(=O)(=O)c1ccccc1)CCC2. The van der Waals surface area contributed by atoms with Crippen molar-refractivity contribution in [2.75, 3.05) is 5.32 Å². The number of nitrogens with zero attached hydrogens (tertiary/aromatic N) is 1. The van der Waals surface area contributed by atoms with Crippen molar-refractivity contribution in [2.45, 2.75) is 50.8 Å². The molecule has 0 atom stereocenters. The molecular weight excluding hydrogens is 438 g/mol. The van der Waals surface area contributed by atoms with E-state index in [1.165, 1.54) is 17.7 Å². The molecule has 0 fully saturated rings. The maximum atomic E-state index is 12.9. The maximum Gasteiger partial charge on any atom is 0.291 e. The fraction of sp³-hybridized carbons (Fsp3) is 0.280. The molecule has 3 aromatic rings. The molecule has 1 aromatic heterocycles. The Balaban J connectivity index is 1.57. The molecule has 1 heterocycles. The minimum Gasteiger partial charge on any atom is -0.455 e. The third-order valence-electron chi connectivity index (χ3n) is 5.72. The van der Waals surface area contributed by atoms with E-state index in [0.29, 0.717) is 47.0 Å². The smallest absolute Gasteiger partial charge is 0.291 e. The Morgan fingerprint density at radius 2 is 1.73 bits per heavy atom. The fourth-order valence-corrected chi connectivity index (χ4v) is 4.75. The number of hydrogen-bond acceptors (Lipinski definition) is 5. The van der Waals surface area contributed by atoms with E-state index in [0.717, 1.165) is 6.42 Å². The van der Waals surface area contributed by atoms with Crippen LogP contribution in [0, 0.1) is 6.92 Å². The van der Waals surface area contributed by atoms with Gasteiger partial charge in [-0.1, -0.05) is 44.2 Å². The average molecular weight is 466 g/mol. The van der Waals surface area contributed by atoms with Gasteiger partial charge in [0, 0.05) is 23.2 Å². The normalized spacial score (nSPS) is 14.8. The van der Waals surface area contributed by atoms with Crippen LogP contribution < -0.4 is 10.1 Å². The van der Waals surface area contributed by atoms with E-state index in [1.807, 2.05) is 24.3 Å². The zero-order valence-corrected chi connectivity index (χ0v) is 19.7. The van der Waals surface area contributed by atoms with Gasteiger partial charge in [0.1, 0.15) is 5.76 Å². The molecule has 0 saturated heterocycles. The van der Waals surface area contributed by atoms with Gasteiger partial charge in [-0.15, -0.1) is 0 Å². The van der Waals surface area contributed by atoms with Gasteiger partial charge >= 0.3 is 0 Å². The first-order valence-corrected chi connectivity index (χ1v) is 12.4. The molecule has 2 aromatic carbocycles. The van der Waals surface area contributed by atoms with E-state index in [4.69, 9.17) is 4.42 Å². The highest BCUT2D eigenvalue weighted by molar-refractivity contribution is 7.89. The van der Waals surface area contributed by atoms with Gasteiger partial charge in [0.15, 0.2) is 5.76 Å². The molecule has 7 nitrogen and oxygen atoms in total. The summed E-state index contributed by atoms with van der Waals surface area (Å²) >= 11 is 0. The van der Waals surface area contributed by atoms with Crippen LogP contribution in [0.2, 0.25) is 0 Å². The van der Waals surface area contributed by atoms with Gasteiger partial charge in [0.05, 0.1) is 10.6 Å². The monoisotopic (exact) mass is 465 g/mol. The van der Waals surface area contributed by atoms with Crippen LogP contribution in [0.3, 0.4) is 0 Å². The highest BCUT2D eigenvalue weighted by atomic mass is 32.2. The number of carbonyl (C=O) groups is 1. The number of hydrogen-bond donors (Lipinski definition) is 2. The number of amides is 1. The number of aryl methyl sites for hydroxylation is 1. The predicted molar refractivity (Wildman–Crippen MR) is 128 cm³/mol. The van der Waals surface area contributed by atoms with E-state index < -0.39 is 10.0 Å². The van der Waals surface area contributed by atoms with Crippen LogP contribution in [0.25, 0.3) is 0 Å². The van der Waals surface area contributed by atoms with E-state index in [1.54, 1.807) is 25.1 Å². The summed E-state index contributed by atoms with van der Waals surface area (Å²) in [5.74, 6) is 0.930. The first-order chi connectivity index (χ1) is 15.8. The number of rotatable bonds is 6. The van der Waals surface area contributed by atoms with Crippen molar-refractivity contribution in [1.29, 1.82) is 0 Å². The zero-order valence-electron chi connectivity index (χ0n) is 18.9. The molecule has 0 spiro atoms. The van der Waals surface area contributed by atoms with Crippen LogP contribution >= 0.6 is 0 Å². The molecule has 172 valence electrons. The van der Waals surface area contributed by atoms with Gasteiger partial charge < -0.3 is 9.73 Å². The van der Waals surface area contributed by atoms with E-state index in [2.05, 4.69) is 29.1 Å². The summed E-state index contributed by atoms with van der Waals surface area (Å²) in [6, 6.07) is 15.8. The standard InChI is InChI=1S/C25H27N3O4S/c1-16(2)18-12-14-19(15-13-18)26-25(29)24-17(3)23-21(10-7-11-22(23)32-24)27-28-33(30,31)20-8-5-4-6-9-20/h4-6,8-9,12-16,28H,7,10-11H2,1-3H3,(H,26,29)/b27-21+. The summed E-state index contributed by atoms with van der Waals surface area (Å²) in [4.78, 5) is 15.4. The van der Waals surface area contributed by atoms with Gasteiger partial charge in [0.25, 0.3) is 15.9 Å². The minimum atomic E-state index is -3.78. The summed E-state index contributed by atoms with van der Waals surface area (Å²) in [5.41, 5.74) is 3.80. The Bertz CT molecular complexity index is 1290. The minimum absolute atomic E-state index is 0.137. The molecule has 0 aliphatic heterocycles. The molecule has 2 N–H and O–H groups in total. The Hall–Kier alpha value is -3.39. The van der Waals surface area contributed by atoms with Crippen molar-refractivity contribution in [3.63, 3.8) is 0 Å². The summed E-state index contributed by atoms with van der Waals surface area (Å²) in [5, 5.41) is 7.09. The lowest BCUT2D eigenvalue weighted by Gasteiger charge is -2.14. The van der Waals surface area contributed by atoms with E-state index in [9.17, 15) is 13.2 Å². The molecule has 1 aliphatic rings. The van der Waals surface area contributed by atoms with Crippen molar-refractivity contribution in [1.82, 2.24) is 4.83 Å². The Labute approximate surface area is 194 Å². The fourth-order valence-electron chi connectivity index (χ4n) is 3.90. The molecule has 33 heavy (non-hydrogen) atoms. The second-order valence-electron chi connectivity index (χ2n) is 8.41. The van der Waals surface area contributed by atoms with Crippen molar-refractivity contribution >= 4 is 27.3 Å². The van der Waals surface area contributed by atoms with Crippen molar-refractivity contribution in [3.05, 3.63) is 82.8 Å². The lowest BCUT2D eigenvalue weighted by atomic mass is 9.93.